The van der Waals surface area contributed by atoms with Crippen molar-refractivity contribution in [3.8, 4) is 39.6 Å². The maximum Gasteiger partial charge on any atom is 0.153 e. The van der Waals surface area contributed by atoms with Gasteiger partial charge in [0.15, 0.2) is 5.58 Å². The summed E-state index contributed by atoms with van der Waals surface area (Å²) in [5.74, 6) is -0.872. The van der Waals surface area contributed by atoms with E-state index in [2.05, 4.69) is 57.2 Å². The monoisotopic (exact) mass is 521 g/mol. The molecular weight excluding hydrogens is 488 g/mol. The molecule has 0 aliphatic heterocycles. The lowest BCUT2D eigenvalue weighted by Crippen LogP contribution is -2.10. The Kier molecular flexibility index (Phi) is 5.98. The third kappa shape index (κ3) is 4.36. The van der Waals surface area contributed by atoms with E-state index in [-0.39, 0.29) is 5.41 Å². The highest BCUT2D eigenvalue weighted by Crippen LogP contribution is 2.43. The summed E-state index contributed by atoms with van der Waals surface area (Å²) in [5, 5.41) is 12.0. The molecule has 6 rings (SSSR count). The highest BCUT2D eigenvalue weighted by molar-refractivity contribution is 6.13. The van der Waals surface area contributed by atoms with Crippen molar-refractivity contribution >= 4 is 21.9 Å². The molecule has 196 valence electrons. The van der Waals surface area contributed by atoms with Gasteiger partial charge in [-0.25, -0.2) is 0 Å². The summed E-state index contributed by atoms with van der Waals surface area (Å²) in [6, 6.07) is 33.1. The molecule has 0 bridgehead atoms. The van der Waals surface area contributed by atoms with Crippen LogP contribution in [-0.2, 0) is 5.41 Å². The van der Waals surface area contributed by atoms with Gasteiger partial charge in [0.1, 0.15) is 17.2 Å². The van der Waals surface area contributed by atoms with Crippen LogP contribution in [0.1, 0.15) is 58.6 Å². The van der Waals surface area contributed by atoms with Crippen LogP contribution in [-0.4, -0.2) is 4.98 Å². The van der Waals surface area contributed by atoms with Crippen molar-refractivity contribution in [2.24, 2.45) is 0 Å². The second kappa shape index (κ2) is 9.81. The second-order valence-corrected chi connectivity index (χ2v) is 11.6. The van der Waals surface area contributed by atoms with Crippen molar-refractivity contribution in [2.75, 3.05) is 0 Å². The van der Waals surface area contributed by atoms with Gasteiger partial charge in [-0.1, -0.05) is 101 Å². The molecule has 0 fully saturated rings. The summed E-state index contributed by atoms with van der Waals surface area (Å²) in [4.78, 5) is 4.74. The highest BCUT2D eigenvalue weighted by Gasteiger charge is 2.22. The zero-order chi connectivity index (χ0) is 28.9. The Morgan fingerprint density at radius 1 is 0.800 bits per heavy atom. The van der Waals surface area contributed by atoms with Crippen LogP contribution >= 0.6 is 0 Å². The van der Waals surface area contributed by atoms with Crippen LogP contribution in [0.2, 0.25) is 0 Å². The lowest BCUT2D eigenvalue weighted by molar-refractivity contribution is 0.590. The van der Waals surface area contributed by atoms with E-state index in [0.29, 0.717) is 16.7 Å². The first-order chi connectivity index (χ1) is 19.6. The van der Waals surface area contributed by atoms with Crippen LogP contribution in [0.25, 0.3) is 55.4 Å². The molecule has 0 saturated heterocycles. The Morgan fingerprint density at radius 3 is 2.20 bits per heavy atom. The average Bonchev–Trinajstić information content (AvgIpc) is 3.35. The minimum Gasteiger partial charge on any atom is -0.454 e. The number of hydrogen-bond donors (Lipinski definition) is 0. The summed E-state index contributed by atoms with van der Waals surface area (Å²) in [5.41, 5.74) is 9.48. The van der Waals surface area contributed by atoms with Gasteiger partial charge < -0.3 is 4.42 Å². The lowest BCUT2D eigenvalue weighted by Gasteiger charge is -2.19. The fraction of sp³-hybridized carbons (Fsp3) is 0.189. The number of pyridine rings is 1. The molecule has 0 radical (unpaired) electrons. The minimum atomic E-state index is -0.872. The van der Waals surface area contributed by atoms with Crippen LogP contribution in [0.3, 0.4) is 0 Å². The SMILES string of the molecule is [2H]C(C)(C)c1ccc(-c2cc(-c3ccc(C(C)(C)C)cc3)ccn2)c2oc3c(C#N)c(-c4ccccc4)ccc3c12. The maximum atomic E-state index is 10.3. The number of fused-ring (bicyclic) bond motifs is 3. The van der Waals surface area contributed by atoms with Gasteiger partial charge in [-0.2, -0.15) is 5.26 Å². The van der Waals surface area contributed by atoms with E-state index in [9.17, 15) is 5.26 Å². The molecule has 2 heterocycles. The molecule has 4 aromatic carbocycles. The molecule has 40 heavy (non-hydrogen) atoms. The summed E-state index contributed by atoms with van der Waals surface area (Å²) in [7, 11) is 0. The zero-order valence-electron chi connectivity index (χ0n) is 24.5. The summed E-state index contributed by atoms with van der Waals surface area (Å²) in [6.07, 6.45) is 1.83. The van der Waals surface area contributed by atoms with Gasteiger partial charge >= 0.3 is 0 Å². The first-order valence-electron chi connectivity index (χ1n) is 14.1. The van der Waals surface area contributed by atoms with Crippen molar-refractivity contribution in [1.82, 2.24) is 4.98 Å². The van der Waals surface area contributed by atoms with Crippen molar-refractivity contribution in [1.29, 1.82) is 5.26 Å². The molecule has 0 atom stereocenters. The van der Waals surface area contributed by atoms with Crippen LogP contribution in [0.5, 0.6) is 0 Å². The molecule has 3 nitrogen and oxygen atoms in total. The predicted octanol–water partition coefficient (Wildman–Crippen LogP) is 10.3. The van der Waals surface area contributed by atoms with Crippen molar-refractivity contribution in [3.63, 3.8) is 0 Å². The quantitative estimate of drug-likeness (QED) is 0.232. The number of nitrogens with zero attached hydrogens (tertiary/aromatic N) is 2. The Hall–Kier alpha value is -4.68. The van der Waals surface area contributed by atoms with Crippen LogP contribution in [0.15, 0.2) is 102 Å². The molecule has 0 aliphatic carbocycles. The normalized spacial score (nSPS) is 12.4. The Balaban J connectivity index is 1.58. The van der Waals surface area contributed by atoms with Crippen molar-refractivity contribution in [2.45, 2.75) is 45.9 Å². The highest BCUT2D eigenvalue weighted by atomic mass is 16.3. The minimum absolute atomic E-state index is 0.0882. The number of nitriles is 1. The number of furan rings is 1. The standard InChI is InChI=1S/C37H32N2O/c1-23(2)28-15-17-30(33-21-26(19-20-39-33)24-11-13-27(14-12-24)37(3,4)5)36-34(28)31-18-16-29(25-9-7-6-8-10-25)32(22-38)35(31)40-36/h6-21,23H,1-5H3/i23D. The van der Waals surface area contributed by atoms with Gasteiger partial charge in [-0.3, -0.25) is 4.98 Å². The van der Waals surface area contributed by atoms with Gasteiger partial charge in [0.25, 0.3) is 0 Å². The third-order valence-corrected chi connectivity index (χ3v) is 7.64. The third-order valence-electron chi connectivity index (χ3n) is 7.64. The molecule has 0 spiro atoms. The molecule has 0 aliphatic rings. The van der Waals surface area contributed by atoms with E-state index < -0.39 is 5.89 Å². The van der Waals surface area contributed by atoms with Gasteiger partial charge in [0.2, 0.25) is 0 Å². The van der Waals surface area contributed by atoms with E-state index in [4.69, 9.17) is 10.8 Å². The van der Waals surface area contributed by atoms with Crippen LogP contribution < -0.4 is 0 Å². The first kappa shape index (κ1) is 24.4. The van der Waals surface area contributed by atoms with Crippen molar-refractivity contribution in [3.05, 3.63) is 114 Å². The van der Waals surface area contributed by atoms with Gasteiger partial charge in [-0.15, -0.1) is 0 Å². The number of rotatable bonds is 4. The molecule has 6 aromatic rings. The van der Waals surface area contributed by atoms with E-state index in [0.717, 1.165) is 49.8 Å². The van der Waals surface area contributed by atoms with Crippen LogP contribution in [0.4, 0.5) is 0 Å². The molecule has 0 N–H and O–H groups in total. The first-order valence-corrected chi connectivity index (χ1v) is 13.6. The van der Waals surface area contributed by atoms with E-state index in [1.165, 1.54) is 5.56 Å². The summed E-state index contributed by atoms with van der Waals surface area (Å²) in [6.45, 7) is 10.4. The molecule has 0 unspecified atom stereocenters. The fourth-order valence-corrected chi connectivity index (χ4v) is 5.45. The van der Waals surface area contributed by atoms with E-state index >= 15 is 0 Å². The van der Waals surface area contributed by atoms with Crippen molar-refractivity contribution < 1.29 is 5.79 Å². The van der Waals surface area contributed by atoms with E-state index in [1.807, 2.05) is 80.7 Å². The zero-order valence-corrected chi connectivity index (χ0v) is 23.5. The Labute approximate surface area is 237 Å². The largest absolute Gasteiger partial charge is 0.454 e. The topological polar surface area (TPSA) is 49.8 Å². The predicted molar refractivity (Wildman–Crippen MR) is 165 cm³/mol. The Bertz CT molecular complexity index is 1950. The lowest BCUT2D eigenvalue weighted by atomic mass is 9.86. The maximum absolute atomic E-state index is 10.3. The summed E-state index contributed by atoms with van der Waals surface area (Å²) < 4.78 is 15.5. The molecule has 0 amide bonds. The fourth-order valence-electron chi connectivity index (χ4n) is 5.45. The van der Waals surface area contributed by atoms with Gasteiger partial charge in [0.05, 0.1) is 5.69 Å². The second-order valence-electron chi connectivity index (χ2n) is 11.6. The Morgan fingerprint density at radius 2 is 1.52 bits per heavy atom. The molecule has 0 saturated carbocycles. The summed E-state index contributed by atoms with van der Waals surface area (Å²) >= 11 is 0. The smallest absolute Gasteiger partial charge is 0.153 e. The number of hydrogen-bond acceptors (Lipinski definition) is 3. The molecule has 3 heteroatoms. The van der Waals surface area contributed by atoms with E-state index in [1.54, 1.807) is 0 Å². The van der Waals surface area contributed by atoms with Crippen LogP contribution in [0, 0.1) is 11.3 Å². The molecular formula is C37H32N2O. The molecule has 2 aromatic heterocycles. The number of aromatic nitrogens is 1. The van der Waals surface area contributed by atoms with Gasteiger partial charge in [-0.05, 0) is 63.4 Å². The van der Waals surface area contributed by atoms with Gasteiger partial charge in [0, 0.05) is 29.5 Å². The average molecular weight is 522 g/mol. The number of benzene rings is 4.